The van der Waals surface area contributed by atoms with Crippen molar-refractivity contribution in [1.29, 1.82) is 0 Å². The number of anilines is 2. The van der Waals surface area contributed by atoms with Crippen molar-refractivity contribution < 1.29 is 0 Å². The Morgan fingerprint density at radius 3 is 2.95 bits per heavy atom. The van der Waals surface area contributed by atoms with Crippen LogP contribution in [0.5, 0.6) is 0 Å². The maximum absolute atomic E-state index is 5.46. The number of hydrazine groups is 1. The van der Waals surface area contributed by atoms with Gasteiger partial charge in [-0.2, -0.15) is 0 Å². The van der Waals surface area contributed by atoms with Gasteiger partial charge in [0.05, 0.1) is 6.20 Å². The molecular formula is C13H21N7. The summed E-state index contributed by atoms with van der Waals surface area (Å²) in [5.74, 6) is 6.84. The van der Waals surface area contributed by atoms with Gasteiger partial charge in [0, 0.05) is 25.0 Å². The lowest BCUT2D eigenvalue weighted by Gasteiger charge is -2.22. The Balaban J connectivity index is 1.76. The van der Waals surface area contributed by atoms with Gasteiger partial charge in [-0.25, -0.2) is 15.8 Å². The molecule has 1 atom stereocenters. The Labute approximate surface area is 118 Å². The highest BCUT2D eigenvalue weighted by atomic mass is 15.3. The van der Waals surface area contributed by atoms with E-state index in [2.05, 4.69) is 32.5 Å². The highest BCUT2D eigenvalue weighted by Gasteiger charge is 2.16. The van der Waals surface area contributed by atoms with Crippen LogP contribution in [0.2, 0.25) is 0 Å². The van der Waals surface area contributed by atoms with Crippen LogP contribution in [-0.2, 0) is 0 Å². The minimum atomic E-state index is 0.314. The molecule has 1 fully saturated rings. The van der Waals surface area contributed by atoms with E-state index in [9.17, 15) is 0 Å². The van der Waals surface area contributed by atoms with Crippen molar-refractivity contribution in [2.24, 2.45) is 5.84 Å². The summed E-state index contributed by atoms with van der Waals surface area (Å²) in [5.41, 5.74) is 3.40. The van der Waals surface area contributed by atoms with Gasteiger partial charge in [-0.05, 0) is 32.9 Å². The van der Waals surface area contributed by atoms with Crippen LogP contribution in [0.1, 0.15) is 19.8 Å². The van der Waals surface area contributed by atoms with Crippen LogP contribution in [0.3, 0.4) is 0 Å². The zero-order valence-electron chi connectivity index (χ0n) is 11.7. The first-order valence-electron chi connectivity index (χ1n) is 7.05. The molecule has 0 radical (unpaired) electrons. The summed E-state index contributed by atoms with van der Waals surface area (Å²) in [6.07, 6.45) is 8.07. The molecule has 1 aliphatic heterocycles. The number of imidazole rings is 1. The molecule has 0 bridgehead atoms. The van der Waals surface area contributed by atoms with Crippen molar-refractivity contribution in [3.05, 3.63) is 18.6 Å². The number of nitrogens with zero attached hydrogens (tertiary/aromatic N) is 4. The van der Waals surface area contributed by atoms with Crippen molar-refractivity contribution in [2.75, 3.05) is 30.4 Å². The maximum atomic E-state index is 5.46. The summed E-state index contributed by atoms with van der Waals surface area (Å²) in [7, 11) is 0. The summed E-state index contributed by atoms with van der Waals surface area (Å²) in [6.45, 7) is 5.59. The van der Waals surface area contributed by atoms with E-state index in [-0.39, 0.29) is 0 Å². The van der Waals surface area contributed by atoms with Crippen molar-refractivity contribution in [1.82, 2.24) is 19.3 Å². The Morgan fingerprint density at radius 2 is 2.20 bits per heavy atom. The third kappa shape index (κ3) is 2.68. The number of rotatable bonds is 5. The smallest absolute Gasteiger partial charge is 0.180 e. The quantitative estimate of drug-likeness (QED) is 0.556. The lowest BCUT2D eigenvalue weighted by Crippen LogP contribution is -2.33. The van der Waals surface area contributed by atoms with Gasteiger partial charge in [-0.15, -0.1) is 0 Å². The highest BCUT2D eigenvalue weighted by molar-refractivity contribution is 5.65. The molecule has 7 nitrogen and oxygen atoms in total. The summed E-state index contributed by atoms with van der Waals surface area (Å²) in [6, 6.07) is 0.314. The first kappa shape index (κ1) is 13.1. The number of aromatic nitrogens is 3. The molecule has 3 rings (SSSR count). The molecule has 1 unspecified atom stereocenters. The first-order valence-corrected chi connectivity index (χ1v) is 7.05. The van der Waals surface area contributed by atoms with Gasteiger partial charge in [0.2, 0.25) is 0 Å². The molecule has 7 heteroatoms. The predicted molar refractivity (Wildman–Crippen MR) is 79.6 cm³/mol. The van der Waals surface area contributed by atoms with Gasteiger partial charge in [0.1, 0.15) is 0 Å². The van der Waals surface area contributed by atoms with Crippen molar-refractivity contribution >= 4 is 17.3 Å². The molecule has 4 N–H and O–H groups in total. The number of hydrogen-bond acceptors (Lipinski definition) is 6. The van der Waals surface area contributed by atoms with E-state index in [4.69, 9.17) is 5.84 Å². The number of nitrogens with two attached hydrogens (primary N) is 1. The van der Waals surface area contributed by atoms with Crippen LogP contribution < -0.4 is 16.6 Å². The average molecular weight is 275 g/mol. The molecular weight excluding hydrogens is 254 g/mol. The van der Waals surface area contributed by atoms with Gasteiger partial charge >= 0.3 is 0 Å². The molecule has 0 amide bonds. The number of likely N-dealkylation sites (tertiary alicyclic amines) is 1. The minimum Gasteiger partial charge on any atom is -0.363 e. The second-order valence-corrected chi connectivity index (χ2v) is 5.33. The summed E-state index contributed by atoms with van der Waals surface area (Å²) in [5, 5.41) is 3.44. The molecule has 108 valence electrons. The number of hydrogen-bond donors (Lipinski definition) is 3. The largest absolute Gasteiger partial charge is 0.363 e. The second kappa shape index (κ2) is 5.64. The predicted octanol–water partition coefficient (Wildman–Crippen LogP) is 0.911. The molecule has 0 saturated carbocycles. The minimum absolute atomic E-state index is 0.314. The third-order valence-electron chi connectivity index (χ3n) is 3.64. The molecule has 1 aliphatic rings. The van der Waals surface area contributed by atoms with Gasteiger partial charge < -0.3 is 20.0 Å². The topological polar surface area (TPSA) is 83.5 Å². The SMILES string of the molecule is CC(CN1CCCC1)Nc1nc(NN)cn2ccnc12. The normalized spacial score (nSPS) is 17.5. The van der Waals surface area contributed by atoms with Crippen molar-refractivity contribution in [2.45, 2.75) is 25.8 Å². The molecule has 3 heterocycles. The van der Waals surface area contributed by atoms with Gasteiger partial charge in [0.25, 0.3) is 0 Å². The van der Waals surface area contributed by atoms with Crippen LogP contribution in [0.15, 0.2) is 18.6 Å². The van der Waals surface area contributed by atoms with E-state index in [1.54, 1.807) is 6.20 Å². The van der Waals surface area contributed by atoms with E-state index in [1.165, 1.54) is 25.9 Å². The van der Waals surface area contributed by atoms with Crippen molar-refractivity contribution in [3.8, 4) is 0 Å². The molecule has 1 saturated heterocycles. The van der Waals surface area contributed by atoms with Gasteiger partial charge in [0.15, 0.2) is 17.3 Å². The van der Waals surface area contributed by atoms with Crippen LogP contribution in [0.4, 0.5) is 11.6 Å². The lowest BCUT2D eigenvalue weighted by atomic mass is 10.3. The molecule has 0 aliphatic carbocycles. The monoisotopic (exact) mass is 275 g/mol. The summed E-state index contributed by atoms with van der Waals surface area (Å²) in [4.78, 5) is 11.3. The summed E-state index contributed by atoms with van der Waals surface area (Å²) < 4.78 is 1.91. The maximum Gasteiger partial charge on any atom is 0.180 e. The zero-order chi connectivity index (χ0) is 13.9. The first-order chi connectivity index (χ1) is 9.76. The van der Waals surface area contributed by atoms with Crippen molar-refractivity contribution in [3.63, 3.8) is 0 Å². The van der Waals surface area contributed by atoms with E-state index in [1.807, 2.05) is 16.8 Å². The van der Waals surface area contributed by atoms with Crippen LogP contribution in [-0.4, -0.2) is 44.9 Å². The lowest BCUT2D eigenvalue weighted by molar-refractivity contribution is 0.327. The van der Waals surface area contributed by atoms with Crippen LogP contribution in [0, 0.1) is 0 Å². The van der Waals surface area contributed by atoms with Gasteiger partial charge in [-0.3, -0.25) is 0 Å². The zero-order valence-corrected chi connectivity index (χ0v) is 11.7. The molecule has 0 spiro atoms. The molecule has 20 heavy (non-hydrogen) atoms. The Kier molecular flexibility index (Phi) is 3.70. The van der Waals surface area contributed by atoms with Crippen LogP contribution in [0.25, 0.3) is 5.65 Å². The molecule has 0 aromatic carbocycles. The van der Waals surface area contributed by atoms with E-state index < -0.39 is 0 Å². The number of nitrogen functional groups attached to an aromatic ring is 1. The van der Waals surface area contributed by atoms with Gasteiger partial charge in [-0.1, -0.05) is 0 Å². The fourth-order valence-corrected chi connectivity index (χ4v) is 2.73. The summed E-state index contributed by atoms with van der Waals surface area (Å²) >= 11 is 0. The van der Waals surface area contributed by atoms with Crippen LogP contribution >= 0.6 is 0 Å². The Hall–Kier alpha value is -1.86. The highest BCUT2D eigenvalue weighted by Crippen LogP contribution is 2.17. The Morgan fingerprint density at radius 1 is 1.40 bits per heavy atom. The number of nitrogens with one attached hydrogen (secondary N) is 2. The average Bonchev–Trinajstić information content (AvgIpc) is 3.09. The second-order valence-electron chi connectivity index (χ2n) is 5.33. The number of fused-ring (bicyclic) bond motifs is 1. The molecule has 2 aromatic rings. The fraction of sp³-hybridized carbons (Fsp3) is 0.538. The Bertz CT molecular complexity index is 573. The molecule has 2 aromatic heterocycles. The van der Waals surface area contributed by atoms with E-state index in [0.717, 1.165) is 18.0 Å². The standard InChI is InChI=1S/C13H21N7/c1-10(8-19-5-2-3-6-19)16-12-13-15-4-7-20(13)9-11(17-12)18-14/h4,7,9-10,18H,2-3,5-6,8,14H2,1H3,(H,16,17). The fourth-order valence-electron chi connectivity index (χ4n) is 2.73. The van der Waals surface area contributed by atoms with E-state index >= 15 is 0 Å². The third-order valence-corrected chi connectivity index (χ3v) is 3.64. The van der Waals surface area contributed by atoms with E-state index in [0.29, 0.717) is 11.9 Å².